The normalized spacial score (nSPS) is 10.4. The lowest BCUT2D eigenvalue weighted by molar-refractivity contribution is -0.118. The minimum Gasteiger partial charge on any atom is -0.483 e. The largest absolute Gasteiger partial charge is 0.483 e. The first-order valence-corrected chi connectivity index (χ1v) is 7.60. The Morgan fingerprint density at radius 2 is 1.83 bits per heavy atom. The fraction of sp³-hybridized carbons (Fsp3) is 0.263. The Morgan fingerprint density at radius 1 is 1.09 bits per heavy atom. The molecule has 0 aliphatic rings. The monoisotopic (exact) mass is 311 g/mol. The number of carbonyl (C=O) groups excluding carboxylic acids is 2. The lowest BCUT2D eigenvalue weighted by Gasteiger charge is -2.13. The molecule has 23 heavy (non-hydrogen) atoms. The average Bonchev–Trinajstić information content (AvgIpc) is 2.53. The highest BCUT2D eigenvalue weighted by atomic mass is 16.5. The lowest BCUT2D eigenvalue weighted by Crippen LogP contribution is -2.20. The molecule has 0 bridgehead atoms. The van der Waals surface area contributed by atoms with Gasteiger partial charge < -0.3 is 10.1 Å². The smallest absolute Gasteiger partial charge is 0.262 e. The molecule has 0 saturated heterocycles. The molecule has 0 saturated carbocycles. The van der Waals surface area contributed by atoms with E-state index < -0.39 is 0 Å². The molecule has 0 unspecified atom stereocenters. The Hall–Kier alpha value is -2.62. The summed E-state index contributed by atoms with van der Waals surface area (Å²) in [5.41, 5.74) is 2.22. The third-order valence-electron chi connectivity index (χ3n) is 3.45. The van der Waals surface area contributed by atoms with E-state index in [0.717, 1.165) is 11.3 Å². The van der Waals surface area contributed by atoms with Crippen molar-refractivity contribution in [2.45, 2.75) is 26.7 Å². The SMILES string of the molecule is CC(=O)c1cccc(NC(=O)COc2ccccc2C(C)C)c1. The summed E-state index contributed by atoms with van der Waals surface area (Å²) in [6.45, 7) is 5.58. The number of Topliss-reactive ketones (excluding diaryl/α,β-unsaturated/α-hetero) is 1. The Labute approximate surface area is 136 Å². The van der Waals surface area contributed by atoms with Gasteiger partial charge in [0.2, 0.25) is 0 Å². The molecular weight excluding hydrogens is 290 g/mol. The predicted octanol–water partition coefficient (Wildman–Crippen LogP) is 4.03. The van der Waals surface area contributed by atoms with Crippen LogP contribution in [-0.4, -0.2) is 18.3 Å². The first-order chi connectivity index (χ1) is 11.0. The zero-order valence-electron chi connectivity index (χ0n) is 13.6. The van der Waals surface area contributed by atoms with Gasteiger partial charge in [-0.2, -0.15) is 0 Å². The molecule has 0 radical (unpaired) electrons. The maximum absolute atomic E-state index is 12.0. The van der Waals surface area contributed by atoms with E-state index in [1.165, 1.54) is 6.92 Å². The molecular formula is C19H21NO3. The van der Waals surface area contributed by atoms with Gasteiger partial charge in [-0.1, -0.05) is 44.2 Å². The minimum atomic E-state index is -0.260. The molecule has 4 heteroatoms. The van der Waals surface area contributed by atoms with Crippen molar-refractivity contribution in [3.63, 3.8) is 0 Å². The molecule has 4 nitrogen and oxygen atoms in total. The Morgan fingerprint density at radius 3 is 2.52 bits per heavy atom. The number of ketones is 1. The van der Waals surface area contributed by atoms with E-state index >= 15 is 0 Å². The highest BCUT2D eigenvalue weighted by Gasteiger charge is 2.10. The van der Waals surface area contributed by atoms with E-state index in [9.17, 15) is 9.59 Å². The number of rotatable bonds is 6. The average molecular weight is 311 g/mol. The molecule has 0 aromatic heterocycles. The summed E-state index contributed by atoms with van der Waals surface area (Å²) < 4.78 is 5.63. The number of ether oxygens (including phenoxy) is 1. The second kappa shape index (κ2) is 7.58. The number of amides is 1. The van der Waals surface area contributed by atoms with Crippen LogP contribution >= 0.6 is 0 Å². The van der Waals surface area contributed by atoms with E-state index in [2.05, 4.69) is 19.2 Å². The van der Waals surface area contributed by atoms with Crippen molar-refractivity contribution in [1.29, 1.82) is 0 Å². The maximum atomic E-state index is 12.0. The second-order valence-corrected chi connectivity index (χ2v) is 5.67. The molecule has 0 aliphatic carbocycles. The molecule has 1 amide bonds. The van der Waals surface area contributed by atoms with Crippen molar-refractivity contribution in [2.75, 3.05) is 11.9 Å². The quantitative estimate of drug-likeness (QED) is 0.819. The Balaban J connectivity index is 1.98. The highest BCUT2D eigenvalue weighted by Crippen LogP contribution is 2.25. The summed E-state index contributed by atoms with van der Waals surface area (Å²) in [4.78, 5) is 23.4. The standard InChI is InChI=1S/C19H21NO3/c1-13(2)17-9-4-5-10-18(17)23-12-19(22)20-16-8-6-7-15(11-16)14(3)21/h4-11,13H,12H2,1-3H3,(H,20,22). The van der Waals surface area contributed by atoms with Crippen LogP contribution in [0.1, 0.15) is 42.6 Å². The van der Waals surface area contributed by atoms with Gasteiger partial charge in [0.05, 0.1) is 0 Å². The van der Waals surface area contributed by atoms with Crippen LogP contribution in [0.25, 0.3) is 0 Å². The van der Waals surface area contributed by atoms with Crippen LogP contribution in [0.2, 0.25) is 0 Å². The lowest BCUT2D eigenvalue weighted by atomic mass is 10.0. The van der Waals surface area contributed by atoms with Crippen LogP contribution in [0, 0.1) is 0 Å². The van der Waals surface area contributed by atoms with Crippen molar-refractivity contribution < 1.29 is 14.3 Å². The third-order valence-corrected chi connectivity index (χ3v) is 3.45. The van der Waals surface area contributed by atoms with Crippen LogP contribution in [-0.2, 0) is 4.79 Å². The van der Waals surface area contributed by atoms with Gasteiger partial charge in [-0.05, 0) is 36.6 Å². The Kier molecular flexibility index (Phi) is 5.52. The van der Waals surface area contributed by atoms with Crippen LogP contribution in [0.15, 0.2) is 48.5 Å². The zero-order valence-corrected chi connectivity index (χ0v) is 13.6. The van der Waals surface area contributed by atoms with Crippen LogP contribution in [0.4, 0.5) is 5.69 Å². The van der Waals surface area contributed by atoms with Gasteiger partial charge >= 0.3 is 0 Å². The van der Waals surface area contributed by atoms with Crippen LogP contribution < -0.4 is 10.1 Å². The number of benzene rings is 2. The molecule has 2 aromatic carbocycles. The number of hydrogen-bond donors (Lipinski definition) is 1. The summed E-state index contributed by atoms with van der Waals surface area (Å²) in [5.74, 6) is 0.740. The highest BCUT2D eigenvalue weighted by molar-refractivity contribution is 5.97. The topological polar surface area (TPSA) is 55.4 Å². The minimum absolute atomic E-state index is 0.0387. The van der Waals surface area contributed by atoms with Crippen LogP contribution in [0.3, 0.4) is 0 Å². The Bertz CT molecular complexity index is 707. The predicted molar refractivity (Wildman–Crippen MR) is 91.1 cm³/mol. The van der Waals surface area contributed by atoms with Crippen molar-refractivity contribution in [3.8, 4) is 5.75 Å². The van der Waals surface area contributed by atoms with Gasteiger partial charge in [0.1, 0.15) is 5.75 Å². The number of hydrogen-bond acceptors (Lipinski definition) is 3. The summed E-state index contributed by atoms with van der Waals surface area (Å²) in [5, 5.41) is 2.74. The molecule has 2 rings (SSSR count). The van der Waals surface area contributed by atoms with Gasteiger partial charge in [-0.15, -0.1) is 0 Å². The van der Waals surface area contributed by atoms with Crippen LogP contribution in [0.5, 0.6) is 5.75 Å². The third kappa shape index (κ3) is 4.68. The van der Waals surface area contributed by atoms with Gasteiger partial charge in [-0.3, -0.25) is 9.59 Å². The van der Waals surface area contributed by atoms with Gasteiger partial charge in [0.25, 0.3) is 5.91 Å². The summed E-state index contributed by atoms with van der Waals surface area (Å²) in [6.07, 6.45) is 0. The summed E-state index contributed by atoms with van der Waals surface area (Å²) in [7, 11) is 0. The van der Waals surface area contributed by atoms with E-state index in [4.69, 9.17) is 4.74 Å². The van der Waals surface area contributed by atoms with Crippen molar-refractivity contribution in [1.82, 2.24) is 0 Å². The molecule has 0 atom stereocenters. The fourth-order valence-corrected chi connectivity index (χ4v) is 2.25. The number of nitrogens with one attached hydrogen (secondary N) is 1. The van der Waals surface area contributed by atoms with Crippen molar-refractivity contribution in [3.05, 3.63) is 59.7 Å². The van der Waals surface area contributed by atoms with Gasteiger partial charge in [0, 0.05) is 11.3 Å². The van der Waals surface area contributed by atoms with E-state index in [0.29, 0.717) is 17.2 Å². The number of anilines is 1. The van der Waals surface area contributed by atoms with E-state index in [1.54, 1.807) is 24.3 Å². The molecule has 0 aliphatic heterocycles. The molecule has 2 aromatic rings. The molecule has 0 fully saturated rings. The summed E-state index contributed by atoms with van der Waals surface area (Å²) >= 11 is 0. The molecule has 0 heterocycles. The van der Waals surface area contributed by atoms with Crippen molar-refractivity contribution in [2.24, 2.45) is 0 Å². The fourth-order valence-electron chi connectivity index (χ4n) is 2.25. The number of carbonyl (C=O) groups is 2. The number of para-hydroxylation sites is 1. The van der Waals surface area contributed by atoms with Gasteiger partial charge in [0.15, 0.2) is 12.4 Å². The first-order valence-electron chi connectivity index (χ1n) is 7.60. The van der Waals surface area contributed by atoms with Gasteiger partial charge in [-0.25, -0.2) is 0 Å². The van der Waals surface area contributed by atoms with Crippen molar-refractivity contribution >= 4 is 17.4 Å². The summed E-state index contributed by atoms with van der Waals surface area (Å²) in [6, 6.07) is 14.5. The zero-order chi connectivity index (χ0) is 16.8. The molecule has 0 spiro atoms. The second-order valence-electron chi connectivity index (χ2n) is 5.67. The molecule has 120 valence electrons. The first kappa shape index (κ1) is 16.7. The van der Waals surface area contributed by atoms with E-state index in [-0.39, 0.29) is 18.3 Å². The van der Waals surface area contributed by atoms with E-state index in [1.807, 2.05) is 24.3 Å². The molecule has 1 N–H and O–H groups in total. The maximum Gasteiger partial charge on any atom is 0.262 e.